The van der Waals surface area contributed by atoms with Crippen LogP contribution in [0, 0.1) is 18.6 Å². The quantitative estimate of drug-likeness (QED) is 0.621. The van der Waals surface area contributed by atoms with Crippen LogP contribution in [0.25, 0.3) is 11.0 Å². The first kappa shape index (κ1) is 16.7. The molecule has 1 aromatic heterocycles. The maximum atomic E-state index is 14.1. The predicted molar refractivity (Wildman–Crippen MR) is 95.0 cm³/mol. The minimum absolute atomic E-state index is 0.0326. The molecule has 0 spiro atoms. The van der Waals surface area contributed by atoms with Gasteiger partial charge in [-0.1, -0.05) is 11.6 Å². The molecule has 0 bridgehead atoms. The van der Waals surface area contributed by atoms with E-state index in [0.29, 0.717) is 16.5 Å². The van der Waals surface area contributed by atoms with Crippen molar-refractivity contribution in [3.63, 3.8) is 0 Å². The third kappa shape index (κ3) is 2.74. The van der Waals surface area contributed by atoms with E-state index in [1.165, 1.54) is 12.3 Å². The number of aliphatic imine (C=N–C) groups is 1. The van der Waals surface area contributed by atoms with Crippen molar-refractivity contribution in [2.45, 2.75) is 13.2 Å². The third-order valence-corrected chi connectivity index (χ3v) is 4.34. The van der Waals surface area contributed by atoms with E-state index >= 15 is 0 Å². The maximum Gasteiger partial charge on any atom is 0.208 e. The third-order valence-electron chi connectivity index (χ3n) is 4.09. The zero-order chi connectivity index (χ0) is 18.4. The summed E-state index contributed by atoms with van der Waals surface area (Å²) in [4.78, 5) is 9.93. The topological polar surface area (TPSA) is 33.4 Å². The van der Waals surface area contributed by atoms with Crippen molar-refractivity contribution in [1.29, 1.82) is 0 Å². The lowest BCUT2D eigenvalue weighted by Crippen LogP contribution is -2.30. The highest BCUT2D eigenvalue weighted by molar-refractivity contribution is 6.30. The van der Waals surface area contributed by atoms with Crippen LogP contribution in [-0.2, 0) is 0 Å². The Balaban J connectivity index is 1.90. The molecule has 4 nitrogen and oxygen atoms in total. The van der Waals surface area contributed by atoms with Crippen molar-refractivity contribution in [3.8, 4) is 0 Å². The molecule has 2 aromatic carbocycles. The molecule has 132 valence electrons. The second kappa shape index (κ2) is 6.17. The zero-order valence-corrected chi connectivity index (χ0v) is 14.3. The lowest BCUT2D eigenvalue weighted by atomic mass is 10.2. The molecule has 1 aliphatic heterocycles. The van der Waals surface area contributed by atoms with Gasteiger partial charge in [0, 0.05) is 29.0 Å². The van der Waals surface area contributed by atoms with E-state index in [4.69, 9.17) is 11.6 Å². The van der Waals surface area contributed by atoms with E-state index in [1.807, 2.05) is 0 Å². The smallest absolute Gasteiger partial charge is 0.208 e. The number of anilines is 1. The molecule has 8 heteroatoms. The Kier molecular flexibility index (Phi) is 3.96. The summed E-state index contributed by atoms with van der Waals surface area (Å²) in [6.07, 6.45) is 1.54. The van der Waals surface area contributed by atoms with E-state index in [-0.39, 0.29) is 11.0 Å². The molecule has 0 N–H and O–H groups in total. The van der Waals surface area contributed by atoms with Crippen LogP contribution in [0.3, 0.4) is 0 Å². The van der Waals surface area contributed by atoms with Gasteiger partial charge in [0.05, 0.1) is 11.7 Å². The predicted octanol–water partition coefficient (Wildman–Crippen LogP) is 5.13. The van der Waals surface area contributed by atoms with Gasteiger partial charge in [-0.3, -0.25) is 4.57 Å². The largest absolute Gasteiger partial charge is 0.305 e. The molecule has 0 aliphatic carbocycles. The van der Waals surface area contributed by atoms with Crippen molar-refractivity contribution >= 4 is 34.5 Å². The summed E-state index contributed by atoms with van der Waals surface area (Å²) < 4.78 is 43.2. The van der Waals surface area contributed by atoms with E-state index in [9.17, 15) is 13.2 Å². The lowest BCUT2D eigenvalue weighted by molar-refractivity contribution is 0.513. The molecule has 0 fully saturated rings. The number of hydrogen-bond acceptors (Lipinski definition) is 3. The van der Waals surface area contributed by atoms with Crippen LogP contribution in [0.1, 0.15) is 12.1 Å². The van der Waals surface area contributed by atoms with Crippen LogP contribution in [0.15, 0.2) is 53.4 Å². The molecule has 0 radical (unpaired) electrons. The Hall–Kier alpha value is -2.80. The fourth-order valence-corrected chi connectivity index (χ4v) is 3.11. The SMILES string of the molecule is Cc1nc2c(F)cc(F)cc2n1C1N=CC(F)=CN1c1ccc(Cl)cc1. The van der Waals surface area contributed by atoms with Gasteiger partial charge < -0.3 is 4.90 Å². The van der Waals surface area contributed by atoms with Gasteiger partial charge in [-0.05, 0) is 31.2 Å². The first-order valence-corrected chi connectivity index (χ1v) is 8.10. The Morgan fingerprint density at radius 3 is 2.54 bits per heavy atom. The number of rotatable bonds is 2. The molecule has 26 heavy (non-hydrogen) atoms. The number of allylic oxidation sites excluding steroid dienone is 1. The molecule has 0 saturated heterocycles. The first-order chi connectivity index (χ1) is 12.4. The fraction of sp³-hybridized carbons (Fsp3) is 0.111. The Morgan fingerprint density at radius 1 is 1.08 bits per heavy atom. The molecule has 1 aliphatic rings. The van der Waals surface area contributed by atoms with Crippen LogP contribution in [0.5, 0.6) is 0 Å². The van der Waals surface area contributed by atoms with Crippen molar-refractivity contribution in [2.75, 3.05) is 4.90 Å². The highest BCUT2D eigenvalue weighted by Gasteiger charge is 2.26. The molecule has 1 unspecified atom stereocenters. The molecule has 0 saturated carbocycles. The van der Waals surface area contributed by atoms with Crippen molar-refractivity contribution in [1.82, 2.24) is 9.55 Å². The average Bonchev–Trinajstić information content (AvgIpc) is 2.92. The van der Waals surface area contributed by atoms with Crippen LogP contribution >= 0.6 is 11.6 Å². The van der Waals surface area contributed by atoms with Gasteiger partial charge in [-0.15, -0.1) is 0 Å². The monoisotopic (exact) mass is 376 g/mol. The van der Waals surface area contributed by atoms with Crippen molar-refractivity contribution in [2.24, 2.45) is 4.99 Å². The van der Waals surface area contributed by atoms with Gasteiger partial charge in [0.2, 0.25) is 6.29 Å². The molecule has 2 heterocycles. The minimum atomic E-state index is -0.790. The summed E-state index contributed by atoms with van der Waals surface area (Å²) in [5, 5.41) is 0.531. The Bertz CT molecular complexity index is 1060. The summed E-state index contributed by atoms with van der Waals surface area (Å²) >= 11 is 5.92. The summed E-state index contributed by atoms with van der Waals surface area (Å²) in [5.41, 5.74) is 0.881. The number of imidazole rings is 1. The number of nitrogens with zero attached hydrogens (tertiary/aromatic N) is 4. The van der Waals surface area contributed by atoms with Crippen LogP contribution in [-0.4, -0.2) is 15.8 Å². The highest BCUT2D eigenvalue weighted by atomic mass is 35.5. The molecule has 1 atom stereocenters. The molecular weight excluding hydrogens is 365 g/mol. The van der Waals surface area contributed by atoms with Gasteiger partial charge in [0.15, 0.2) is 11.6 Å². The Morgan fingerprint density at radius 2 is 1.81 bits per heavy atom. The first-order valence-electron chi connectivity index (χ1n) is 7.72. The van der Waals surface area contributed by atoms with Crippen molar-refractivity contribution in [3.05, 3.63) is 70.9 Å². The molecule has 4 rings (SSSR count). The van der Waals surface area contributed by atoms with Gasteiger partial charge >= 0.3 is 0 Å². The second-order valence-corrected chi connectivity index (χ2v) is 6.24. The highest BCUT2D eigenvalue weighted by Crippen LogP contribution is 2.33. The van der Waals surface area contributed by atoms with Crippen LogP contribution < -0.4 is 4.90 Å². The second-order valence-electron chi connectivity index (χ2n) is 5.81. The normalized spacial score (nSPS) is 17.0. The van der Waals surface area contributed by atoms with E-state index in [2.05, 4.69) is 9.98 Å². The number of benzene rings is 2. The summed E-state index contributed by atoms with van der Waals surface area (Å²) in [5.74, 6) is -1.62. The molecule has 3 aromatic rings. The zero-order valence-electron chi connectivity index (χ0n) is 13.5. The fourth-order valence-electron chi connectivity index (χ4n) is 2.98. The average molecular weight is 377 g/mol. The summed E-state index contributed by atoms with van der Waals surface area (Å²) in [6.45, 7) is 1.65. The lowest BCUT2D eigenvalue weighted by Gasteiger charge is -2.31. The summed E-state index contributed by atoms with van der Waals surface area (Å²) in [6, 6.07) is 8.69. The minimum Gasteiger partial charge on any atom is -0.305 e. The number of aromatic nitrogens is 2. The van der Waals surface area contributed by atoms with Crippen LogP contribution in [0.4, 0.5) is 18.9 Å². The van der Waals surface area contributed by atoms with Crippen LogP contribution in [0.2, 0.25) is 5.02 Å². The number of hydrogen-bond donors (Lipinski definition) is 0. The Labute approximate surface area is 151 Å². The van der Waals surface area contributed by atoms with E-state index < -0.39 is 23.8 Å². The van der Waals surface area contributed by atoms with Gasteiger partial charge in [-0.2, -0.15) is 0 Å². The number of halogens is 4. The number of aryl methyl sites for hydroxylation is 1. The van der Waals surface area contributed by atoms with Crippen molar-refractivity contribution < 1.29 is 13.2 Å². The molecule has 0 amide bonds. The van der Waals surface area contributed by atoms with Gasteiger partial charge in [-0.25, -0.2) is 23.1 Å². The summed E-state index contributed by atoms with van der Waals surface area (Å²) in [7, 11) is 0. The standard InChI is InChI=1S/C18H12ClF3N4/c1-10-24-17-15(22)6-12(20)7-16(17)26(10)18-23-8-13(21)9-25(18)14-4-2-11(19)3-5-14/h2-9,18H,1H3. The van der Waals surface area contributed by atoms with Gasteiger partial charge in [0.1, 0.15) is 17.2 Å². The number of fused-ring (bicyclic) bond motifs is 1. The maximum absolute atomic E-state index is 14.1. The molecular formula is C18H12ClF3N4. The van der Waals surface area contributed by atoms with E-state index in [1.54, 1.807) is 40.7 Å². The van der Waals surface area contributed by atoms with Gasteiger partial charge in [0.25, 0.3) is 0 Å². The van der Waals surface area contributed by atoms with E-state index in [0.717, 1.165) is 12.3 Å².